The standard InChI is InChI=1S/C12H11N3O3S/c16-19(17,18)12-3-1-11(2-4-12)15-14-9-10-5-7-13-8-6-10/h1-9,15H,(H,16,17,18)/p-1/b14-9+. The van der Waals surface area contributed by atoms with E-state index in [0.29, 0.717) is 5.69 Å². The Bertz CT molecular complexity index is 667. The van der Waals surface area contributed by atoms with Crippen LogP contribution in [0.15, 0.2) is 58.8 Å². The zero-order valence-corrected chi connectivity index (χ0v) is 10.5. The van der Waals surface area contributed by atoms with Crippen LogP contribution in [0, 0.1) is 0 Å². The number of benzene rings is 1. The second-order valence-corrected chi connectivity index (χ2v) is 5.01. The van der Waals surface area contributed by atoms with E-state index in [4.69, 9.17) is 0 Å². The zero-order valence-electron chi connectivity index (χ0n) is 9.72. The van der Waals surface area contributed by atoms with E-state index >= 15 is 0 Å². The Morgan fingerprint density at radius 1 is 1.11 bits per heavy atom. The molecule has 7 heteroatoms. The van der Waals surface area contributed by atoms with Gasteiger partial charge in [-0.3, -0.25) is 10.4 Å². The van der Waals surface area contributed by atoms with Crippen LogP contribution in [-0.4, -0.2) is 24.2 Å². The fourth-order valence-electron chi connectivity index (χ4n) is 1.33. The molecule has 6 nitrogen and oxygen atoms in total. The smallest absolute Gasteiger partial charge is 0.124 e. The van der Waals surface area contributed by atoms with Gasteiger partial charge in [0.25, 0.3) is 0 Å². The lowest BCUT2D eigenvalue weighted by Crippen LogP contribution is -1.98. The summed E-state index contributed by atoms with van der Waals surface area (Å²) in [7, 11) is -4.41. The van der Waals surface area contributed by atoms with Gasteiger partial charge in [0, 0.05) is 12.4 Å². The molecule has 0 saturated heterocycles. The molecular weight excluding hydrogens is 266 g/mol. The van der Waals surface area contributed by atoms with E-state index in [-0.39, 0.29) is 4.90 Å². The van der Waals surface area contributed by atoms with Gasteiger partial charge < -0.3 is 4.55 Å². The van der Waals surface area contributed by atoms with E-state index in [2.05, 4.69) is 15.5 Å². The summed E-state index contributed by atoms with van der Waals surface area (Å²) in [6.07, 6.45) is 4.89. The highest BCUT2D eigenvalue weighted by molar-refractivity contribution is 7.85. The van der Waals surface area contributed by atoms with Crippen LogP contribution in [0.25, 0.3) is 0 Å². The van der Waals surface area contributed by atoms with E-state index in [1.54, 1.807) is 30.7 Å². The van der Waals surface area contributed by atoms with Crippen molar-refractivity contribution >= 4 is 22.0 Å². The Morgan fingerprint density at radius 2 is 1.74 bits per heavy atom. The molecule has 0 bridgehead atoms. The molecule has 0 aliphatic heterocycles. The monoisotopic (exact) mass is 276 g/mol. The third kappa shape index (κ3) is 3.87. The summed E-state index contributed by atoms with van der Waals surface area (Å²) in [5.41, 5.74) is 4.18. The molecule has 0 saturated carbocycles. The van der Waals surface area contributed by atoms with Crippen LogP contribution in [-0.2, 0) is 10.1 Å². The van der Waals surface area contributed by atoms with Crippen LogP contribution in [0.5, 0.6) is 0 Å². The molecule has 1 N–H and O–H groups in total. The Labute approximate surface area is 110 Å². The lowest BCUT2D eigenvalue weighted by molar-refractivity contribution is 0.463. The lowest BCUT2D eigenvalue weighted by atomic mass is 10.3. The van der Waals surface area contributed by atoms with Gasteiger partial charge in [0.05, 0.1) is 16.8 Å². The maximum atomic E-state index is 10.7. The van der Waals surface area contributed by atoms with Crippen molar-refractivity contribution in [2.75, 3.05) is 5.43 Å². The molecule has 0 unspecified atom stereocenters. The quantitative estimate of drug-likeness (QED) is 0.518. The molecule has 1 heterocycles. The van der Waals surface area contributed by atoms with Crippen molar-refractivity contribution in [3.63, 3.8) is 0 Å². The molecule has 0 atom stereocenters. The van der Waals surface area contributed by atoms with E-state index in [0.717, 1.165) is 5.56 Å². The molecule has 0 aliphatic carbocycles. The van der Waals surface area contributed by atoms with Crippen LogP contribution < -0.4 is 5.43 Å². The van der Waals surface area contributed by atoms with Crippen LogP contribution in [0.3, 0.4) is 0 Å². The summed E-state index contributed by atoms with van der Waals surface area (Å²) in [4.78, 5) is 3.61. The molecule has 1 aromatic heterocycles. The Morgan fingerprint density at radius 3 is 2.32 bits per heavy atom. The van der Waals surface area contributed by atoms with Crippen molar-refractivity contribution in [2.24, 2.45) is 5.10 Å². The average molecular weight is 276 g/mol. The first-order valence-electron chi connectivity index (χ1n) is 5.31. The number of aromatic nitrogens is 1. The summed E-state index contributed by atoms with van der Waals surface area (Å²) < 4.78 is 32.2. The molecule has 0 aliphatic rings. The van der Waals surface area contributed by atoms with E-state index in [9.17, 15) is 13.0 Å². The third-order valence-electron chi connectivity index (χ3n) is 2.26. The second-order valence-electron chi connectivity index (χ2n) is 3.63. The predicted octanol–water partition coefficient (Wildman–Crippen LogP) is 1.43. The van der Waals surface area contributed by atoms with Crippen molar-refractivity contribution in [3.8, 4) is 0 Å². The first-order valence-corrected chi connectivity index (χ1v) is 6.71. The summed E-state index contributed by atoms with van der Waals surface area (Å²) in [5, 5.41) is 3.97. The normalized spacial score (nSPS) is 11.6. The first-order chi connectivity index (χ1) is 9.05. The van der Waals surface area contributed by atoms with Crippen molar-refractivity contribution in [1.82, 2.24) is 4.98 Å². The summed E-state index contributed by atoms with van der Waals surface area (Å²) in [5.74, 6) is 0. The summed E-state index contributed by atoms with van der Waals surface area (Å²) in [6, 6.07) is 8.97. The molecule has 0 amide bonds. The maximum Gasteiger partial charge on any atom is 0.124 e. The maximum absolute atomic E-state index is 10.7. The number of hydrazone groups is 1. The average Bonchev–Trinajstić information content (AvgIpc) is 2.39. The Hall–Kier alpha value is -2.25. The number of anilines is 1. The molecular formula is C12H10N3O3S-. The molecule has 0 radical (unpaired) electrons. The van der Waals surface area contributed by atoms with Crippen LogP contribution in [0.2, 0.25) is 0 Å². The molecule has 2 aromatic rings. The number of hydrogen-bond donors (Lipinski definition) is 1. The number of pyridine rings is 1. The Balaban J connectivity index is 2.03. The predicted molar refractivity (Wildman–Crippen MR) is 69.9 cm³/mol. The highest BCUT2D eigenvalue weighted by Crippen LogP contribution is 2.13. The number of nitrogens with zero attached hydrogens (tertiary/aromatic N) is 2. The van der Waals surface area contributed by atoms with Gasteiger partial charge in [-0.25, -0.2) is 8.42 Å². The minimum Gasteiger partial charge on any atom is -0.744 e. The number of nitrogens with one attached hydrogen (secondary N) is 1. The molecule has 1 aromatic carbocycles. The molecule has 19 heavy (non-hydrogen) atoms. The van der Waals surface area contributed by atoms with Gasteiger partial charge in [-0.2, -0.15) is 5.10 Å². The highest BCUT2D eigenvalue weighted by Gasteiger charge is 1.99. The van der Waals surface area contributed by atoms with Crippen molar-refractivity contribution < 1.29 is 13.0 Å². The van der Waals surface area contributed by atoms with Gasteiger partial charge in [-0.1, -0.05) is 0 Å². The van der Waals surface area contributed by atoms with Gasteiger partial charge in [-0.15, -0.1) is 0 Å². The van der Waals surface area contributed by atoms with Gasteiger partial charge in [0.2, 0.25) is 0 Å². The summed E-state index contributed by atoms with van der Waals surface area (Å²) >= 11 is 0. The third-order valence-corrected chi connectivity index (χ3v) is 3.11. The zero-order chi connectivity index (χ0) is 13.7. The van der Waals surface area contributed by atoms with Crippen molar-refractivity contribution in [2.45, 2.75) is 4.90 Å². The topological polar surface area (TPSA) is 94.5 Å². The molecule has 0 spiro atoms. The van der Waals surface area contributed by atoms with E-state index < -0.39 is 10.1 Å². The van der Waals surface area contributed by atoms with Gasteiger partial charge in [-0.05, 0) is 42.0 Å². The molecule has 2 rings (SSSR count). The van der Waals surface area contributed by atoms with E-state index in [1.165, 1.54) is 24.3 Å². The Kier molecular flexibility index (Phi) is 3.88. The van der Waals surface area contributed by atoms with Gasteiger partial charge >= 0.3 is 0 Å². The first kappa shape index (κ1) is 13.2. The van der Waals surface area contributed by atoms with Crippen LogP contribution in [0.1, 0.15) is 5.56 Å². The van der Waals surface area contributed by atoms with Crippen LogP contribution in [0.4, 0.5) is 5.69 Å². The molecule has 0 fully saturated rings. The van der Waals surface area contributed by atoms with Crippen LogP contribution >= 0.6 is 0 Å². The number of hydrogen-bond acceptors (Lipinski definition) is 6. The second kappa shape index (κ2) is 5.59. The molecule has 98 valence electrons. The largest absolute Gasteiger partial charge is 0.744 e. The SMILES string of the molecule is O=S(=O)([O-])c1ccc(N/N=C/c2ccncc2)cc1. The lowest BCUT2D eigenvalue weighted by Gasteiger charge is -2.07. The minimum absolute atomic E-state index is 0.267. The van der Waals surface area contributed by atoms with Gasteiger partial charge in [0.1, 0.15) is 10.1 Å². The van der Waals surface area contributed by atoms with Crippen molar-refractivity contribution in [1.29, 1.82) is 0 Å². The fraction of sp³-hybridized carbons (Fsp3) is 0. The summed E-state index contributed by atoms with van der Waals surface area (Å²) in [6.45, 7) is 0. The fourth-order valence-corrected chi connectivity index (χ4v) is 1.80. The van der Waals surface area contributed by atoms with E-state index in [1.807, 2.05) is 0 Å². The number of rotatable bonds is 4. The highest BCUT2D eigenvalue weighted by atomic mass is 32.2. The minimum atomic E-state index is -4.41. The van der Waals surface area contributed by atoms with Crippen molar-refractivity contribution in [3.05, 3.63) is 54.4 Å². The van der Waals surface area contributed by atoms with Gasteiger partial charge in [0.15, 0.2) is 0 Å².